The zero-order valence-corrected chi connectivity index (χ0v) is 12.6. The lowest BCUT2D eigenvalue weighted by atomic mass is 10.0. The minimum absolute atomic E-state index is 0.0286. The lowest BCUT2D eigenvalue weighted by Gasteiger charge is -2.20. The van der Waals surface area contributed by atoms with Crippen LogP contribution in [-0.2, 0) is 16.1 Å². The molecule has 1 aromatic carbocycles. The van der Waals surface area contributed by atoms with E-state index < -0.39 is 0 Å². The molecule has 2 aliphatic rings. The lowest BCUT2D eigenvalue weighted by molar-refractivity contribution is -0.142. The van der Waals surface area contributed by atoms with Crippen LogP contribution in [0.4, 0.5) is 0 Å². The molecule has 1 aliphatic carbocycles. The van der Waals surface area contributed by atoms with Crippen molar-refractivity contribution in [2.45, 2.75) is 25.9 Å². The molecular weight excluding hydrogens is 268 g/mol. The number of nitrogens with zero attached hydrogens (tertiary/aromatic N) is 1. The zero-order valence-electron chi connectivity index (χ0n) is 12.6. The monoisotopic (exact) mass is 288 g/mol. The zero-order chi connectivity index (χ0) is 15.1. The fourth-order valence-corrected chi connectivity index (χ4v) is 2.93. The van der Waals surface area contributed by atoms with Crippen LogP contribution in [0.2, 0.25) is 0 Å². The molecule has 1 aliphatic heterocycles. The predicted molar refractivity (Wildman–Crippen MR) is 77.6 cm³/mol. The smallest absolute Gasteiger partial charge is 0.233 e. The normalized spacial score (nSPS) is 25.0. The third-order valence-electron chi connectivity index (χ3n) is 4.52. The number of fused-ring (bicyclic) bond motifs is 1. The Morgan fingerprint density at radius 2 is 2.00 bits per heavy atom. The fourth-order valence-electron chi connectivity index (χ4n) is 2.93. The molecule has 3 unspecified atom stereocenters. The van der Waals surface area contributed by atoms with Gasteiger partial charge >= 0.3 is 0 Å². The molecule has 5 heteroatoms. The maximum Gasteiger partial charge on any atom is 0.233 e. The van der Waals surface area contributed by atoms with Crippen molar-refractivity contribution in [3.63, 3.8) is 0 Å². The van der Waals surface area contributed by atoms with E-state index in [9.17, 15) is 9.59 Å². The first-order valence-electron chi connectivity index (χ1n) is 7.26. The van der Waals surface area contributed by atoms with E-state index in [1.807, 2.05) is 25.2 Å². The van der Waals surface area contributed by atoms with Gasteiger partial charge < -0.3 is 10.1 Å². The number of carbonyl (C=O) groups excluding carboxylic acids is 2. The molecule has 1 aromatic rings. The number of imide groups is 1. The molecule has 112 valence electrons. The lowest BCUT2D eigenvalue weighted by Crippen LogP contribution is -2.32. The second-order valence-corrected chi connectivity index (χ2v) is 5.79. The number of hydrogen-bond acceptors (Lipinski definition) is 4. The summed E-state index contributed by atoms with van der Waals surface area (Å²) in [7, 11) is 3.50. The van der Waals surface area contributed by atoms with Crippen molar-refractivity contribution in [3.05, 3.63) is 29.3 Å². The molecule has 0 bridgehead atoms. The summed E-state index contributed by atoms with van der Waals surface area (Å²) in [6, 6.07) is 6.09. The highest BCUT2D eigenvalue weighted by molar-refractivity contribution is 6.08. The van der Waals surface area contributed by atoms with Crippen LogP contribution in [0.1, 0.15) is 30.5 Å². The number of piperidine rings is 1. The average molecular weight is 288 g/mol. The van der Waals surface area contributed by atoms with Gasteiger partial charge in [-0.15, -0.1) is 0 Å². The number of hydrogen-bond donors (Lipinski definition) is 1. The molecule has 5 nitrogen and oxygen atoms in total. The second-order valence-electron chi connectivity index (χ2n) is 5.79. The number of amides is 2. The van der Waals surface area contributed by atoms with Gasteiger partial charge in [0.05, 0.1) is 25.5 Å². The maximum absolute atomic E-state index is 12.1. The first kappa shape index (κ1) is 14.1. The van der Waals surface area contributed by atoms with E-state index in [1.165, 1.54) is 4.90 Å². The van der Waals surface area contributed by atoms with E-state index in [4.69, 9.17) is 4.74 Å². The van der Waals surface area contributed by atoms with Gasteiger partial charge in [-0.05, 0) is 38.1 Å². The maximum atomic E-state index is 12.1. The van der Waals surface area contributed by atoms with Gasteiger partial charge in [-0.2, -0.15) is 0 Å². The topological polar surface area (TPSA) is 58.6 Å². The Bertz CT molecular complexity index is 579. The van der Waals surface area contributed by atoms with Crippen molar-refractivity contribution < 1.29 is 14.3 Å². The molecule has 0 spiro atoms. The molecule has 3 atom stereocenters. The summed E-state index contributed by atoms with van der Waals surface area (Å²) in [4.78, 5) is 25.6. The summed E-state index contributed by atoms with van der Waals surface area (Å²) in [6.45, 7) is 2.37. The van der Waals surface area contributed by atoms with Crippen LogP contribution in [0.15, 0.2) is 18.2 Å². The van der Waals surface area contributed by atoms with Crippen molar-refractivity contribution in [2.24, 2.45) is 11.8 Å². The summed E-state index contributed by atoms with van der Waals surface area (Å²) < 4.78 is 5.36. The van der Waals surface area contributed by atoms with Crippen LogP contribution in [0.5, 0.6) is 5.75 Å². The van der Waals surface area contributed by atoms with Gasteiger partial charge in [0.1, 0.15) is 5.75 Å². The molecular formula is C16H20N2O3. The average Bonchev–Trinajstić information content (AvgIpc) is 3.26. The van der Waals surface area contributed by atoms with E-state index >= 15 is 0 Å². The van der Waals surface area contributed by atoms with Crippen LogP contribution in [0.3, 0.4) is 0 Å². The molecule has 0 radical (unpaired) electrons. The summed E-state index contributed by atoms with van der Waals surface area (Å²) in [6.07, 6.45) is 0.738. The van der Waals surface area contributed by atoms with E-state index in [0.29, 0.717) is 12.3 Å². The minimum Gasteiger partial charge on any atom is -0.496 e. The van der Waals surface area contributed by atoms with Gasteiger partial charge in [0.2, 0.25) is 11.8 Å². The number of methoxy groups -OCH3 is 1. The third kappa shape index (κ3) is 2.31. The molecule has 3 rings (SSSR count). The summed E-state index contributed by atoms with van der Waals surface area (Å²) in [5, 5.41) is 3.18. The minimum atomic E-state index is -0.0529. The Balaban J connectivity index is 1.86. The molecule has 2 amide bonds. The highest BCUT2D eigenvalue weighted by Gasteiger charge is 2.58. The Morgan fingerprint density at radius 1 is 1.33 bits per heavy atom. The molecule has 1 saturated carbocycles. The van der Waals surface area contributed by atoms with Gasteiger partial charge in [-0.3, -0.25) is 14.5 Å². The fraction of sp³-hybridized carbons (Fsp3) is 0.500. The second kappa shape index (κ2) is 5.15. The number of nitrogens with one attached hydrogen (secondary N) is 1. The van der Waals surface area contributed by atoms with Crippen molar-refractivity contribution in [3.8, 4) is 5.75 Å². The van der Waals surface area contributed by atoms with Gasteiger partial charge in [0, 0.05) is 11.6 Å². The van der Waals surface area contributed by atoms with Crippen molar-refractivity contribution in [1.82, 2.24) is 10.2 Å². The standard InChI is InChI=1S/C16H20N2O3/c1-9(17-2)10-4-5-14(21-3)11(6-10)8-18-15(19)12-7-13(12)16(18)20/h4-6,9,12-13,17H,7-8H2,1-3H3. The molecule has 1 N–H and O–H groups in total. The number of carbonyl (C=O) groups is 2. The van der Waals surface area contributed by atoms with Crippen LogP contribution in [-0.4, -0.2) is 30.9 Å². The highest BCUT2D eigenvalue weighted by atomic mass is 16.5. The van der Waals surface area contributed by atoms with E-state index in [1.54, 1.807) is 7.11 Å². The van der Waals surface area contributed by atoms with E-state index in [2.05, 4.69) is 12.2 Å². The van der Waals surface area contributed by atoms with Crippen LogP contribution < -0.4 is 10.1 Å². The van der Waals surface area contributed by atoms with E-state index in [-0.39, 0.29) is 29.7 Å². The van der Waals surface area contributed by atoms with E-state index in [0.717, 1.165) is 17.5 Å². The SMILES string of the molecule is CNC(C)c1ccc(OC)c(CN2C(=O)C3CC3C2=O)c1. The quantitative estimate of drug-likeness (QED) is 0.834. The largest absolute Gasteiger partial charge is 0.496 e. The van der Waals surface area contributed by atoms with Crippen LogP contribution >= 0.6 is 0 Å². The number of ether oxygens (including phenoxy) is 1. The van der Waals surface area contributed by atoms with Crippen molar-refractivity contribution >= 4 is 11.8 Å². The molecule has 21 heavy (non-hydrogen) atoms. The van der Waals surface area contributed by atoms with Gasteiger partial charge in [0.15, 0.2) is 0 Å². The first-order valence-corrected chi connectivity index (χ1v) is 7.26. The molecule has 2 fully saturated rings. The van der Waals surface area contributed by atoms with Gasteiger partial charge in [-0.25, -0.2) is 0 Å². The summed E-state index contributed by atoms with van der Waals surface area (Å²) in [5.41, 5.74) is 1.98. The predicted octanol–water partition coefficient (Wildman–Crippen LogP) is 1.48. The summed E-state index contributed by atoms with van der Waals surface area (Å²) >= 11 is 0. The number of likely N-dealkylation sites (tertiary alicyclic amines) is 1. The Kier molecular flexibility index (Phi) is 3.45. The van der Waals surface area contributed by atoms with Crippen molar-refractivity contribution in [2.75, 3.05) is 14.2 Å². The Labute approximate surface area is 124 Å². The highest BCUT2D eigenvalue weighted by Crippen LogP contribution is 2.47. The molecule has 1 saturated heterocycles. The third-order valence-corrected chi connectivity index (χ3v) is 4.52. The Morgan fingerprint density at radius 3 is 2.57 bits per heavy atom. The molecule has 1 heterocycles. The molecule has 0 aromatic heterocycles. The van der Waals surface area contributed by atoms with Gasteiger partial charge in [0.25, 0.3) is 0 Å². The van der Waals surface area contributed by atoms with Crippen LogP contribution in [0, 0.1) is 11.8 Å². The summed E-state index contributed by atoms with van der Waals surface area (Å²) in [5.74, 6) is 0.548. The van der Waals surface area contributed by atoms with Crippen molar-refractivity contribution in [1.29, 1.82) is 0 Å². The Hall–Kier alpha value is -1.88. The van der Waals surface area contributed by atoms with Gasteiger partial charge in [-0.1, -0.05) is 6.07 Å². The number of benzene rings is 1. The van der Waals surface area contributed by atoms with Crippen LogP contribution in [0.25, 0.3) is 0 Å². The number of rotatable bonds is 5. The first-order chi connectivity index (χ1) is 10.1.